The molecular weight excluding hydrogens is 232 g/mol. The molecular formula is C13H22N2O3. The van der Waals surface area contributed by atoms with Gasteiger partial charge < -0.3 is 10.1 Å². The van der Waals surface area contributed by atoms with Gasteiger partial charge in [0.2, 0.25) is 5.91 Å². The van der Waals surface area contributed by atoms with E-state index in [2.05, 4.69) is 15.0 Å². The summed E-state index contributed by atoms with van der Waals surface area (Å²) in [4.78, 5) is 25.1. The lowest BCUT2D eigenvalue weighted by molar-refractivity contribution is -0.136. The third-order valence-corrected chi connectivity index (χ3v) is 3.49. The van der Waals surface area contributed by atoms with Crippen molar-refractivity contribution in [2.75, 3.05) is 33.8 Å². The molecule has 0 bridgehead atoms. The van der Waals surface area contributed by atoms with E-state index in [4.69, 9.17) is 0 Å². The van der Waals surface area contributed by atoms with Crippen LogP contribution in [0.4, 0.5) is 0 Å². The van der Waals surface area contributed by atoms with Crippen LogP contribution in [0.1, 0.15) is 20.3 Å². The summed E-state index contributed by atoms with van der Waals surface area (Å²) in [6, 6.07) is 0. The van der Waals surface area contributed by atoms with Crippen molar-refractivity contribution >= 4 is 11.9 Å². The van der Waals surface area contributed by atoms with Gasteiger partial charge in [0, 0.05) is 25.7 Å². The largest absolute Gasteiger partial charge is 0.466 e. The first-order chi connectivity index (χ1) is 8.42. The van der Waals surface area contributed by atoms with Gasteiger partial charge in [-0.15, -0.1) is 0 Å². The highest BCUT2D eigenvalue weighted by molar-refractivity contribution is 5.87. The van der Waals surface area contributed by atoms with E-state index in [1.54, 1.807) is 14.0 Å². The van der Waals surface area contributed by atoms with Crippen molar-refractivity contribution in [3.63, 3.8) is 0 Å². The summed E-state index contributed by atoms with van der Waals surface area (Å²) in [5, 5.41) is 2.71. The molecule has 1 rings (SSSR count). The predicted molar refractivity (Wildman–Crippen MR) is 69.0 cm³/mol. The second-order valence-electron chi connectivity index (χ2n) is 5.00. The van der Waals surface area contributed by atoms with Gasteiger partial charge in [0.25, 0.3) is 0 Å². The lowest BCUT2D eigenvalue weighted by Crippen LogP contribution is -2.39. The van der Waals surface area contributed by atoms with Crippen molar-refractivity contribution in [2.24, 2.45) is 5.41 Å². The fourth-order valence-corrected chi connectivity index (χ4v) is 2.21. The summed E-state index contributed by atoms with van der Waals surface area (Å²) >= 11 is 0. The van der Waals surface area contributed by atoms with Crippen molar-refractivity contribution in [2.45, 2.75) is 20.3 Å². The van der Waals surface area contributed by atoms with Crippen molar-refractivity contribution in [1.82, 2.24) is 10.2 Å². The molecule has 0 aliphatic carbocycles. The number of hydrogen-bond acceptors (Lipinski definition) is 4. The van der Waals surface area contributed by atoms with Gasteiger partial charge in [-0.05, 0) is 26.8 Å². The van der Waals surface area contributed by atoms with Crippen LogP contribution in [-0.2, 0) is 14.3 Å². The minimum atomic E-state index is -0.318. The summed E-state index contributed by atoms with van der Waals surface area (Å²) in [7, 11) is 3.04. The fraction of sp³-hybridized carbons (Fsp3) is 0.692. The Morgan fingerprint density at radius 2 is 2.17 bits per heavy atom. The van der Waals surface area contributed by atoms with Crippen molar-refractivity contribution < 1.29 is 14.3 Å². The van der Waals surface area contributed by atoms with Gasteiger partial charge in [0.1, 0.15) is 0 Å². The number of carbonyl (C=O) groups excluding carboxylic acids is 2. The number of hydrogen-bond donors (Lipinski definition) is 1. The molecule has 1 N–H and O–H groups in total. The first-order valence-electron chi connectivity index (χ1n) is 6.12. The molecule has 18 heavy (non-hydrogen) atoms. The third kappa shape index (κ3) is 3.32. The van der Waals surface area contributed by atoms with Gasteiger partial charge in [0.05, 0.1) is 12.5 Å². The number of likely N-dealkylation sites (tertiary alicyclic amines) is 1. The van der Waals surface area contributed by atoms with E-state index in [0.29, 0.717) is 12.1 Å². The standard InChI is InChI=1S/C13H22N2O3/c1-10(11(16)18-4)5-7-15-8-6-13(2,9-15)12(17)14-3/h5H,6-9H2,1-4H3,(H,14,17)/b10-5-. The molecule has 1 aliphatic heterocycles. The minimum absolute atomic E-state index is 0.0821. The molecule has 5 nitrogen and oxygen atoms in total. The van der Waals surface area contributed by atoms with Crippen molar-refractivity contribution in [1.29, 1.82) is 0 Å². The molecule has 0 aromatic rings. The molecule has 1 amide bonds. The van der Waals surface area contributed by atoms with E-state index >= 15 is 0 Å². The van der Waals surface area contributed by atoms with Gasteiger partial charge in [0.15, 0.2) is 0 Å². The van der Waals surface area contributed by atoms with E-state index < -0.39 is 0 Å². The van der Waals surface area contributed by atoms with E-state index in [1.807, 2.05) is 13.0 Å². The number of ether oxygens (including phenoxy) is 1. The summed E-state index contributed by atoms with van der Waals surface area (Å²) < 4.78 is 4.63. The molecule has 0 saturated carbocycles. The van der Waals surface area contributed by atoms with E-state index in [0.717, 1.165) is 19.5 Å². The molecule has 1 atom stereocenters. The first kappa shape index (κ1) is 14.7. The quantitative estimate of drug-likeness (QED) is 0.588. The zero-order valence-corrected chi connectivity index (χ0v) is 11.6. The van der Waals surface area contributed by atoms with Crippen LogP contribution in [0.15, 0.2) is 11.6 Å². The van der Waals surface area contributed by atoms with Gasteiger partial charge in [-0.2, -0.15) is 0 Å². The molecule has 102 valence electrons. The number of amides is 1. The van der Waals surface area contributed by atoms with Crippen LogP contribution in [0.25, 0.3) is 0 Å². The average molecular weight is 254 g/mol. The minimum Gasteiger partial charge on any atom is -0.466 e. The van der Waals surface area contributed by atoms with Crippen LogP contribution in [0.3, 0.4) is 0 Å². The molecule has 1 heterocycles. The molecule has 0 aromatic carbocycles. The number of rotatable bonds is 4. The number of esters is 1. The number of carbonyl (C=O) groups is 2. The highest BCUT2D eigenvalue weighted by Crippen LogP contribution is 2.29. The predicted octanol–water partition coefficient (Wildman–Crippen LogP) is 0.564. The Labute approximate surface area is 108 Å². The normalized spacial score (nSPS) is 25.0. The topological polar surface area (TPSA) is 58.6 Å². The Kier molecular flexibility index (Phi) is 4.90. The maximum absolute atomic E-state index is 11.7. The smallest absolute Gasteiger partial charge is 0.333 e. The lowest BCUT2D eigenvalue weighted by atomic mass is 9.89. The average Bonchev–Trinajstić information content (AvgIpc) is 2.77. The summed E-state index contributed by atoms with van der Waals surface area (Å²) in [6.07, 6.45) is 2.69. The van der Waals surface area contributed by atoms with Gasteiger partial charge in [-0.25, -0.2) is 4.79 Å². The van der Waals surface area contributed by atoms with E-state index in [-0.39, 0.29) is 17.3 Å². The van der Waals surface area contributed by atoms with Gasteiger partial charge >= 0.3 is 5.97 Å². The van der Waals surface area contributed by atoms with E-state index in [1.165, 1.54) is 7.11 Å². The Bertz CT molecular complexity index is 365. The monoisotopic (exact) mass is 254 g/mol. The molecule has 0 aromatic heterocycles. The highest BCUT2D eigenvalue weighted by atomic mass is 16.5. The Morgan fingerprint density at radius 1 is 1.50 bits per heavy atom. The van der Waals surface area contributed by atoms with Gasteiger partial charge in [-0.1, -0.05) is 6.08 Å². The van der Waals surface area contributed by atoms with Crippen LogP contribution < -0.4 is 5.32 Å². The Balaban J connectivity index is 2.53. The van der Waals surface area contributed by atoms with E-state index in [9.17, 15) is 9.59 Å². The number of nitrogens with zero attached hydrogens (tertiary/aromatic N) is 1. The lowest BCUT2D eigenvalue weighted by Gasteiger charge is -2.22. The zero-order valence-electron chi connectivity index (χ0n) is 11.6. The maximum Gasteiger partial charge on any atom is 0.333 e. The molecule has 1 fully saturated rings. The van der Waals surface area contributed by atoms with Crippen molar-refractivity contribution in [3.05, 3.63) is 11.6 Å². The fourth-order valence-electron chi connectivity index (χ4n) is 2.21. The SMILES string of the molecule is CNC(=O)C1(C)CCN(C/C=C(/C)C(=O)OC)C1. The van der Waals surface area contributed by atoms with Crippen molar-refractivity contribution in [3.8, 4) is 0 Å². The molecule has 5 heteroatoms. The second-order valence-corrected chi connectivity index (χ2v) is 5.00. The Morgan fingerprint density at radius 3 is 2.72 bits per heavy atom. The molecule has 1 unspecified atom stereocenters. The summed E-state index contributed by atoms with van der Waals surface area (Å²) in [6.45, 7) is 5.97. The second kappa shape index (κ2) is 6.00. The summed E-state index contributed by atoms with van der Waals surface area (Å²) in [5.41, 5.74) is 0.285. The van der Waals surface area contributed by atoms with Crippen LogP contribution in [0, 0.1) is 5.41 Å². The first-order valence-corrected chi connectivity index (χ1v) is 6.12. The Hall–Kier alpha value is -1.36. The molecule has 0 radical (unpaired) electrons. The van der Waals surface area contributed by atoms with Crippen LogP contribution >= 0.6 is 0 Å². The summed E-state index contributed by atoms with van der Waals surface area (Å²) in [5.74, 6) is -0.220. The van der Waals surface area contributed by atoms with Crippen LogP contribution in [0.2, 0.25) is 0 Å². The number of methoxy groups -OCH3 is 1. The molecule has 1 saturated heterocycles. The highest BCUT2D eigenvalue weighted by Gasteiger charge is 2.39. The number of nitrogens with one attached hydrogen (secondary N) is 1. The van der Waals surface area contributed by atoms with Crippen LogP contribution in [0.5, 0.6) is 0 Å². The maximum atomic E-state index is 11.7. The third-order valence-electron chi connectivity index (χ3n) is 3.49. The zero-order chi connectivity index (χ0) is 13.8. The molecule has 1 aliphatic rings. The molecule has 0 spiro atoms. The van der Waals surface area contributed by atoms with Gasteiger partial charge in [-0.3, -0.25) is 9.69 Å². The van der Waals surface area contributed by atoms with Crippen LogP contribution in [-0.4, -0.2) is 50.6 Å².